The Morgan fingerprint density at radius 1 is 0.320 bits per heavy atom. The standard InChI is InChI=1S/C48H30O.CH4/c1-3-12-31(13-4-1)33-22-25-37-35(28-33)16-11-21-39(37)48-42-19-9-7-17-40(42)47(41-18-8-10-20-43(41)48)36-23-26-38-44-29-34(32-14-5-2-6-15-32)24-27-45(44)49-46(38)30-36;/h1-30H;1H4/i;1D. The van der Waals surface area contributed by atoms with Gasteiger partial charge in [0.25, 0.3) is 0 Å². The highest BCUT2D eigenvalue weighted by Crippen LogP contribution is 2.46. The van der Waals surface area contributed by atoms with Crippen LogP contribution in [0.15, 0.2) is 186 Å². The van der Waals surface area contributed by atoms with Gasteiger partial charge in [-0.1, -0.05) is 159 Å². The van der Waals surface area contributed by atoms with Crippen molar-refractivity contribution >= 4 is 54.3 Å². The summed E-state index contributed by atoms with van der Waals surface area (Å²) in [5.74, 6) is 0. The number of rotatable bonds is 4. The van der Waals surface area contributed by atoms with E-state index in [0.717, 1.165) is 27.5 Å². The van der Waals surface area contributed by atoms with E-state index in [1.165, 1.54) is 78.7 Å². The molecule has 0 aliphatic carbocycles. The summed E-state index contributed by atoms with van der Waals surface area (Å²) in [6.45, 7) is 0. The van der Waals surface area contributed by atoms with Gasteiger partial charge in [-0.3, -0.25) is 0 Å². The number of furan rings is 1. The predicted molar refractivity (Wildman–Crippen MR) is 215 cm³/mol. The lowest BCUT2D eigenvalue weighted by atomic mass is 9.84. The van der Waals surface area contributed by atoms with Gasteiger partial charge in [0.1, 0.15) is 11.2 Å². The maximum atomic E-state index is 6.51. The second-order valence-electron chi connectivity index (χ2n) is 12.8. The smallest absolute Gasteiger partial charge is 0.136 e. The molecule has 0 atom stereocenters. The molecule has 0 saturated carbocycles. The molecule has 0 fully saturated rings. The monoisotopic (exact) mass is 639 g/mol. The van der Waals surface area contributed by atoms with Crippen LogP contribution in [0, 0.1) is 0 Å². The lowest BCUT2D eigenvalue weighted by Crippen LogP contribution is -1.91. The zero-order valence-electron chi connectivity index (χ0n) is 28.7. The van der Waals surface area contributed by atoms with E-state index < -0.39 is 0 Å². The quantitative estimate of drug-likeness (QED) is 0.175. The molecule has 0 saturated heterocycles. The highest BCUT2D eigenvalue weighted by atomic mass is 16.3. The molecule has 236 valence electrons. The van der Waals surface area contributed by atoms with E-state index in [1.807, 2.05) is 0 Å². The van der Waals surface area contributed by atoms with Crippen molar-refractivity contribution in [2.45, 2.75) is 7.40 Å². The minimum atomic E-state index is 0.901. The summed E-state index contributed by atoms with van der Waals surface area (Å²) in [6, 6.07) is 65.7. The van der Waals surface area contributed by atoms with Crippen molar-refractivity contribution in [2.24, 2.45) is 0 Å². The molecule has 1 heterocycles. The SMILES string of the molecule is [2H]C.c1ccc(-c2ccc3c(-c4c5ccccc5c(-c5ccc6c(c5)oc5ccc(-c7ccccc7)cc56)c5ccccc45)cccc3c2)cc1. The molecule has 0 N–H and O–H groups in total. The summed E-state index contributed by atoms with van der Waals surface area (Å²) in [5, 5.41) is 9.71. The number of hydrogen-bond donors (Lipinski definition) is 0. The highest BCUT2D eigenvalue weighted by molar-refractivity contribution is 6.24. The summed E-state index contributed by atoms with van der Waals surface area (Å²) >= 11 is 0. The summed E-state index contributed by atoms with van der Waals surface area (Å²) in [4.78, 5) is 0. The minimum Gasteiger partial charge on any atom is -0.456 e. The molecular weight excluding hydrogens is 605 g/mol. The molecule has 1 heteroatoms. The summed E-state index contributed by atoms with van der Waals surface area (Å²) in [7, 11) is 1.25. The molecule has 0 amide bonds. The molecule has 0 bridgehead atoms. The highest BCUT2D eigenvalue weighted by Gasteiger charge is 2.19. The van der Waals surface area contributed by atoms with Gasteiger partial charge < -0.3 is 4.42 Å². The Morgan fingerprint density at radius 3 is 1.52 bits per heavy atom. The molecule has 0 unspecified atom stereocenters. The van der Waals surface area contributed by atoms with Crippen LogP contribution in [0.1, 0.15) is 8.77 Å². The van der Waals surface area contributed by atoms with Crippen molar-refractivity contribution in [2.75, 3.05) is 0 Å². The van der Waals surface area contributed by atoms with Crippen LogP contribution in [0.3, 0.4) is 0 Å². The first-order chi connectivity index (χ1) is 25.3. The molecule has 10 aromatic rings. The third kappa shape index (κ3) is 4.70. The third-order valence-corrected chi connectivity index (χ3v) is 10.1. The lowest BCUT2D eigenvalue weighted by Gasteiger charge is -2.19. The van der Waals surface area contributed by atoms with E-state index in [1.54, 1.807) is 0 Å². The van der Waals surface area contributed by atoms with Gasteiger partial charge in [0.05, 0.1) is 0 Å². The van der Waals surface area contributed by atoms with Gasteiger partial charge in [-0.15, -0.1) is 0 Å². The van der Waals surface area contributed by atoms with Crippen LogP contribution in [0.4, 0.5) is 0 Å². The Kier molecular flexibility index (Phi) is 6.80. The molecule has 0 spiro atoms. The molecule has 0 aliphatic heterocycles. The van der Waals surface area contributed by atoms with Crippen LogP contribution in [0.2, 0.25) is 0 Å². The maximum Gasteiger partial charge on any atom is 0.136 e. The van der Waals surface area contributed by atoms with Crippen molar-refractivity contribution in [3.8, 4) is 44.5 Å². The van der Waals surface area contributed by atoms with E-state index in [4.69, 9.17) is 5.79 Å². The molecular formula is C49H34O. The largest absolute Gasteiger partial charge is 0.456 e. The second kappa shape index (κ2) is 11.9. The van der Waals surface area contributed by atoms with Crippen LogP contribution < -0.4 is 0 Å². The fourth-order valence-electron chi connectivity index (χ4n) is 7.78. The normalized spacial score (nSPS) is 11.6. The molecule has 0 aliphatic rings. The van der Waals surface area contributed by atoms with Crippen LogP contribution in [-0.4, -0.2) is 0 Å². The fraction of sp³-hybridized carbons (Fsp3) is 0.0204. The first-order valence-electron chi connectivity index (χ1n) is 17.8. The molecule has 1 aromatic heterocycles. The predicted octanol–water partition coefficient (Wildman–Crippen LogP) is 14.3. The third-order valence-electron chi connectivity index (χ3n) is 10.1. The first kappa shape index (κ1) is 28.6. The van der Waals surface area contributed by atoms with Gasteiger partial charge in [-0.2, -0.15) is 0 Å². The van der Waals surface area contributed by atoms with E-state index in [0.29, 0.717) is 0 Å². The topological polar surface area (TPSA) is 13.1 Å². The van der Waals surface area contributed by atoms with Crippen LogP contribution in [-0.2, 0) is 0 Å². The molecule has 9 aromatic carbocycles. The summed E-state index contributed by atoms with van der Waals surface area (Å²) < 4.78 is 12.3. The van der Waals surface area contributed by atoms with Gasteiger partial charge >= 0.3 is 0 Å². The Bertz CT molecular complexity index is 2810. The number of fused-ring (bicyclic) bond motifs is 6. The Hall–Kier alpha value is -6.44. The molecule has 0 radical (unpaired) electrons. The van der Waals surface area contributed by atoms with E-state index in [2.05, 4.69) is 182 Å². The Morgan fingerprint density at radius 2 is 0.860 bits per heavy atom. The van der Waals surface area contributed by atoms with Crippen LogP contribution >= 0.6 is 0 Å². The zero-order chi connectivity index (χ0) is 34.3. The van der Waals surface area contributed by atoms with Crippen LogP contribution in [0.5, 0.6) is 0 Å². The van der Waals surface area contributed by atoms with E-state index >= 15 is 0 Å². The van der Waals surface area contributed by atoms with E-state index in [-0.39, 0.29) is 0 Å². The molecule has 10 rings (SSSR count). The fourth-order valence-corrected chi connectivity index (χ4v) is 7.78. The Labute approximate surface area is 293 Å². The van der Waals surface area contributed by atoms with Crippen molar-refractivity contribution < 1.29 is 5.79 Å². The van der Waals surface area contributed by atoms with Crippen molar-refractivity contribution in [3.63, 3.8) is 0 Å². The average molecular weight is 640 g/mol. The van der Waals surface area contributed by atoms with Crippen molar-refractivity contribution in [1.82, 2.24) is 0 Å². The van der Waals surface area contributed by atoms with Crippen LogP contribution in [0.25, 0.3) is 98.8 Å². The van der Waals surface area contributed by atoms with Gasteiger partial charge in [-0.25, -0.2) is 0 Å². The van der Waals surface area contributed by atoms with Gasteiger partial charge in [-0.05, 0) is 107 Å². The Balaban J connectivity index is 0.00000171. The van der Waals surface area contributed by atoms with Gasteiger partial charge in [0.15, 0.2) is 0 Å². The average Bonchev–Trinajstić information content (AvgIpc) is 3.58. The second-order valence-corrected chi connectivity index (χ2v) is 12.8. The van der Waals surface area contributed by atoms with Gasteiger partial charge in [0.2, 0.25) is 0 Å². The van der Waals surface area contributed by atoms with E-state index in [9.17, 15) is 0 Å². The lowest BCUT2D eigenvalue weighted by molar-refractivity contribution is 0.669. The minimum absolute atomic E-state index is 0.901. The number of hydrogen-bond acceptors (Lipinski definition) is 1. The van der Waals surface area contributed by atoms with Gasteiger partial charge in [0, 0.05) is 12.1 Å². The van der Waals surface area contributed by atoms with Crippen molar-refractivity contribution in [1.29, 1.82) is 0 Å². The summed E-state index contributed by atoms with van der Waals surface area (Å²) in [5.41, 5.74) is 11.6. The van der Waals surface area contributed by atoms with Crippen molar-refractivity contribution in [3.05, 3.63) is 182 Å². The molecule has 50 heavy (non-hydrogen) atoms. The summed E-state index contributed by atoms with van der Waals surface area (Å²) in [6.07, 6.45) is 0. The number of benzene rings is 9. The maximum absolute atomic E-state index is 6.51. The first-order valence-corrected chi connectivity index (χ1v) is 16.8. The zero-order valence-corrected chi connectivity index (χ0v) is 27.7. The molecule has 1 nitrogen and oxygen atoms in total.